The topological polar surface area (TPSA) is 109 Å². The molecule has 1 aromatic heterocycles. The molecule has 20 heavy (non-hydrogen) atoms. The van der Waals surface area contributed by atoms with Gasteiger partial charge in [-0.15, -0.1) is 0 Å². The molecular formula is C12H19N5O3. The smallest absolute Gasteiger partial charge is 0.311 e. The number of anilines is 2. The summed E-state index contributed by atoms with van der Waals surface area (Å²) in [7, 11) is 0. The van der Waals surface area contributed by atoms with Crippen molar-refractivity contribution in [1.82, 2.24) is 10.3 Å². The second kappa shape index (κ2) is 7.27. The number of amides is 1. The molecule has 0 bridgehead atoms. The maximum Gasteiger partial charge on any atom is 0.311 e. The van der Waals surface area contributed by atoms with Crippen LogP contribution >= 0.6 is 0 Å². The van der Waals surface area contributed by atoms with Crippen molar-refractivity contribution in [2.45, 2.75) is 26.8 Å². The van der Waals surface area contributed by atoms with Crippen LogP contribution in [0.3, 0.4) is 0 Å². The van der Waals surface area contributed by atoms with Crippen molar-refractivity contribution in [3.8, 4) is 0 Å². The maximum absolute atomic E-state index is 11.5. The minimum absolute atomic E-state index is 0.0142. The molecule has 0 atom stereocenters. The molecule has 0 radical (unpaired) electrons. The summed E-state index contributed by atoms with van der Waals surface area (Å²) in [4.78, 5) is 26.0. The third kappa shape index (κ3) is 4.71. The maximum atomic E-state index is 11.5. The number of carbonyl (C=O) groups is 1. The highest BCUT2D eigenvalue weighted by Gasteiger charge is 2.16. The summed E-state index contributed by atoms with van der Waals surface area (Å²) in [5, 5.41) is 19.3. The Bertz CT molecular complexity index is 490. The van der Waals surface area contributed by atoms with Gasteiger partial charge in [-0.1, -0.05) is 0 Å². The lowest BCUT2D eigenvalue weighted by Gasteiger charge is -2.11. The summed E-state index contributed by atoms with van der Waals surface area (Å²) < 4.78 is 0. The lowest BCUT2D eigenvalue weighted by Crippen LogP contribution is -2.35. The molecule has 3 N–H and O–H groups in total. The van der Waals surface area contributed by atoms with Gasteiger partial charge >= 0.3 is 5.69 Å². The highest BCUT2D eigenvalue weighted by Crippen LogP contribution is 2.23. The molecule has 0 saturated heterocycles. The van der Waals surface area contributed by atoms with Gasteiger partial charge in [0.2, 0.25) is 11.7 Å². The fourth-order valence-electron chi connectivity index (χ4n) is 1.55. The second-order valence-corrected chi connectivity index (χ2v) is 4.43. The van der Waals surface area contributed by atoms with Gasteiger partial charge in [-0.25, -0.2) is 4.98 Å². The highest BCUT2D eigenvalue weighted by molar-refractivity contribution is 5.81. The molecule has 1 amide bonds. The van der Waals surface area contributed by atoms with E-state index in [9.17, 15) is 14.9 Å². The van der Waals surface area contributed by atoms with E-state index in [1.807, 2.05) is 20.8 Å². The Balaban J connectivity index is 2.82. The lowest BCUT2D eigenvalue weighted by atomic mass is 10.3. The molecule has 0 aromatic carbocycles. The van der Waals surface area contributed by atoms with E-state index in [0.717, 1.165) is 0 Å². The van der Waals surface area contributed by atoms with Gasteiger partial charge in [-0.3, -0.25) is 14.9 Å². The first-order valence-electron chi connectivity index (χ1n) is 6.36. The largest absolute Gasteiger partial charge is 0.370 e. The third-order valence-electron chi connectivity index (χ3n) is 2.29. The van der Waals surface area contributed by atoms with Gasteiger partial charge in [0.1, 0.15) is 5.82 Å². The van der Waals surface area contributed by atoms with Crippen LogP contribution in [0, 0.1) is 10.1 Å². The standard InChI is InChI=1S/C12H19N5O3/c1-4-13-10-6-5-9(17(19)20)12(16-10)14-7-11(18)15-8(2)3/h5-6,8H,4,7H2,1-3H3,(H,15,18)(H2,13,14,16). The number of aromatic nitrogens is 1. The number of nitrogens with one attached hydrogen (secondary N) is 3. The fourth-order valence-corrected chi connectivity index (χ4v) is 1.55. The molecule has 0 spiro atoms. The predicted octanol–water partition coefficient (Wildman–Crippen LogP) is 1.36. The molecule has 0 fully saturated rings. The number of pyridine rings is 1. The van der Waals surface area contributed by atoms with Crippen molar-refractivity contribution in [3.05, 3.63) is 22.2 Å². The van der Waals surface area contributed by atoms with E-state index < -0.39 is 4.92 Å². The normalized spacial score (nSPS) is 10.2. The number of nitro groups is 1. The molecule has 8 nitrogen and oxygen atoms in total. The average Bonchev–Trinajstić information content (AvgIpc) is 2.36. The van der Waals surface area contributed by atoms with Crippen molar-refractivity contribution >= 4 is 23.2 Å². The SMILES string of the molecule is CCNc1ccc([N+](=O)[O-])c(NCC(=O)NC(C)C)n1. The van der Waals surface area contributed by atoms with Gasteiger partial charge in [0.15, 0.2) is 0 Å². The minimum Gasteiger partial charge on any atom is -0.370 e. The van der Waals surface area contributed by atoms with Gasteiger partial charge in [0.05, 0.1) is 11.5 Å². The minimum atomic E-state index is -0.536. The van der Waals surface area contributed by atoms with Crippen LogP contribution < -0.4 is 16.0 Å². The molecule has 1 aromatic rings. The van der Waals surface area contributed by atoms with Crippen LogP contribution in [0.15, 0.2) is 12.1 Å². The molecule has 1 heterocycles. The van der Waals surface area contributed by atoms with E-state index in [4.69, 9.17) is 0 Å². The van der Waals surface area contributed by atoms with E-state index >= 15 is 0 Å². The molecule has 0 aliphatic carbocycles. The lowest BCUT2D eigenvalue weighted by molar-refractivity contribution is -0.384. The summed E-state index contributed by atoms with van der Waals surface area (Å²) >= 11 is 0. The summed E-state index contributed by atoms with van der Waals surface area (Å²) in [6.45, 7) is 6.15. The number of hydrogen-bond acceptors (Lipinski definition) is 6. The van der Waals surface area contributed by atoms with Crippen molar-refractivity contribution in [1.29, 1.82) is 0 Å². The van der Waals surface area contributed by atoms with Crippen LogP contribution in [0.5, 0.6) is 0 Å². The van der Waals surface area contributed by atoms with Crippen LogP contribution in [-0.4, -0.2) is 34.9 Å². The fraction of sp³-hybridized carbons (Fsp3) is 0.500. The first-order chi connectivity index (χ1) is 9.43. The van der Waals surface area contributed by atoms with Gasteiger partial charge in [0, 0.05) is 18.7 Å². The van der Waals surface area contributed by atoms with Crippen molar-refractivity contribution < 1.29 is 9.72 Å². The van der Waals surface area contributed by atoms with Crippen LogP contribution in [0.2, 0.25) is 0 Å². The average molecular weight is 281 g/mol. The summed E-state index contributed by atoms with van der Waals surface area (Å²) in [5.74, 6) is 0.349. The molecule has 1 rings (SSSR count). The Morgan fingerprint density at radius 1 is 1.40 bits per heavy atom. The van der Waals surface area contributed by atoms with E-state index in [2.05, 4.69) is 20.9 Å². The van der Waals surface area contributed by atoms with Gasteiger partial charge in [0.25, 0.3) is 0 Å². The molecule has 0 aliphatic rings. The van der Waals surface area contributed by atoms with Crippen LogP contribution in [0.4, 0.5) is 17.3 Å². The Labute approximate surface area is 117 Å². The summed E-state index contributed by atoms with van der Waals surface area (Å²) in [6.07, 6.45) is 0. The Hall–Kier alpha value is -2.38. The Morgan fingerprint density at radius 3 is 2.65 bits per heavy atom. The van der Waals surface area contributed by atoms with Crippen molar-refractivity contribution in [3.63, 3.8) is 0 Å². The van der Waals surface area contributed by atoms with Crippen molar-refractivity contribution in [2.24, 2.45) is 0 Å². The molecular weight excluding hydrogens is 262 g/mol. The zero-order valence-electron chi connectivity index (χ0n) is 11.8. The van der Waals surface area contributed by atoms with E-state index in [1.165, 1.54) is 12.1 Å². The predicted molar refractivity (Wildman–Crippen MR) is 76.8 cm³/mol. The molecule has 0 saturated carbocycles. The highest BCUT2D eigenvalue weighted by atomic mass is 16.6. The first-order valence-corrected chi connectivity index (χ1v) is 6.36. The molecule has 110 valence electrons. The zero-order chi connectivity index (χ0) is 15.1. The quantitative estimate of drug-likeness (QED) is 0.514. The van der Waals surface area contributed by atoms with Crippen molar-refractivity contribution in [2.75, 3.05) is 23.7 Å². The Kier molecular flexibility index (Phi) is 5.70. The zero-order valence-corrected chi connectivity index (χ0v) is 11.8. The van der Waals surface area contributed by atoms with Crippen LogP contribution in [0.25, 0.3) is 0 Å². The monoisotopic (exact) mass is 281 g/mol. The van der Waals surface area contributed by atoms with E-state index in [0.29, 0.717) is 12.4 Å². The number of carbonyl (C=O) groups excluding carboxylic acids is 1. The number of rotatable bonds is 7. The summed E-state index contributed by atoms with van der Waals surface area (Å²) in [6, 6.07) is 2.90. The number of nitrogens with zero attached hydrogens (tertiary/aromatic N) is 2. The summed E-state index contributed by atoms with van der Waals surface area (Å²) in [5.41, 5.74) is -0.163. The van der Waals surface area contributed by atoms with Gasteiger partial charge < -0.3 is 16.0 Å². The van der Waals surface area contributed by atoms with Crippen LogP contribution in [0.1, 0.15) is 20.8 Å². The first kappa shape index (κ1) is 15.7. The third-order valence-corrected chi connectivity index (χ3v) is 2.29. The van der Waals surface area contributed by atoms with E-state index in [1.54, 1.807) is 0 Å². The van der Waals surface area contributed by atoms with E-state index in [-0.39, 0.29) is 30.0 Å². The Morgan fingerprint density at radius 2 is 2.10 bits per heavy atom. The molecule has 8 heteroatoms. The van der Waals surface area contributed by atoms with Gasteiger partial charge in [-0.2, -0.15) is 0 Å². The number of hydrogen-bond donors (Lipinski definition) is 3. The second-order valence-electron chi connectivity index (χ2n) is 4.43. The molecule has 0 unspecified atom stereocenters. The van der Waals surface area contributed by atoms with Crippen LogP contribution in [-0.2, 0) is 4.79 Å². The van der Waals surface area contributed by atoms with Gasteiger partial charge in [-0.05, 0) is 26.8 Å². The molecule has 0 aliphatic heterocycles.